The minimum atomic E-state index is -0.567. The average molecular weight is 463 g/mol. The summed E-state index contributed by atoms with van der Waals surface area (Å²) < 4.78 is 0. The third kappa shape index (κ3) is 3.86. The molecule has 2 amide bonds. The van der Waals surface area contributed by atoms with Gasteiger partial charge in [-0.2, -0.15) is 0 Å². The van der Waals surface area contributed by atoms with Crippen LogP contribution in [0.1, 0.15) is 28.9 Å². The van der Waals surface area contributed by atoms with E-state index in [1.54, 1.807) is 58.2 Å². The Morgan fingerprint density at radius 3 is 2.73 bits per heavy atom. The Morgan fingerprint density at radius 1 is 1.12 bits per heavy atom. The fourth-order valence-corrected chi connectivity index (χ4v) is 5.03. The Hall–Kier alpha value is -3.66. The summed E-state index contributed by atoms with van der Waals surface area (Å²) in [5, 5.41) is 3.26. The van der Waals surface area contributed by atoms with Crippen molar-refractivity contribution < 1.29 is 14.4 Å². The molecule has 0 aliphatic carbocycles. The lowest BCUT2D eigenvalue weighted by Crippen LogP contribution is -2.57. The highest BCUT2D eigenvalue weighted by molar-refractivity contribution is 7.13. The van der Waals surface area contributed by atoms with E-state index in [1.807, 2.05) is 6.92 Å². The molecule has 1 saturated heterocycles. The molecule has 2 aliphatic rings. The highest BCUT2D eigenvalue weighted by Crippen LogP contribution is 2.39. The van der Waals surface area contributed by atoms with Gasteiger partial charge in [-0.3, -0.25) is 29.3 Å². The van der Waals surface area contributed by atoms with Gasteiger partial charge >= 0.3 is 0 Å². The fraction of sp³-hybridized carbons (Fsp3) is 0.304. The van der Waals surface area contributed by atoms with Crippen LogP contribution in [0, 0.1) is 0 Å². The number of carbonyl (C=O) groups excluding carboxylic acids is 3. The number of aromatic nitrogens is 3. The molecule has 5 heterocycles. The van der Waals surface area contributed by atoms with E-state index in [9.17, 15) is 14.4 Å². The molecule has 9 nitrogen and oxygen atoms in total. The molecule has 33 heavy (non-hydrogen) atoms. The van der Waals surface area contributed by atoms with Gasteiger partial charge in [0.2, 0.25) is 5.78 Å². The molecular weight excluding hydrogens is 440 g/mol. The molecule has 0 radical (unpaired) electrons. The zero-order chi connectivity index (χ0) is 22.9. The van der Waals surface area contributed by atoms with E-state index in [1.165, 1.54) is 11.3 Å². The second-order valence-corrected chi connectivity index (χ2v) is 8.99. The SMILES string of the molecule is C[C@H]1CN(C(=O)c2ccccn2)CCN1C(=O)C(=O)C1CNc2c1ccnc2-c1cncs1. The van der Waals surface area contributed by atoms with Crippen LogP contribution in [0.25, 0.3) is 10.6 Å². The molecule has 168 valence electrons. The normalized spacial score (nSPS) is 19.7. The maximum Gasteiger partial charge on any atom is 0.291 e. The van der Waals surface area contributed by atoms with Crippen molar-refractivity contribution in [1.82, 2.24) is 24.8 Å². The molecule has 0 bridgehead atoms. The lowest BCUT2D eigenvalue weighted by molar-refractivity contribution is -0.148. The van der Waals surface area contributed by atoms with Gasteiger partial charge in [0.05, 0.1) is 22.0 Å². The second-order valence-electron chi connectivity index (χ2n) is 8.10. The Kier molecular flexibility index (Phi) is 5.59. The molecule has 5 rings (SSSR count). The minimum Gasteiger partial charge on any atom is -0.382 e. The molecule has 2 aliphatic heterocycles. The third-order valence-corrected chi connectivity index (χ3v) is 6.87. The quantitative estimate of drug-likeness (QED) is 0.591. The van der Waals surface area contributed by atoms with Crippen LogP contribution < -0.4 is 5.32 Å². The van der Waals surface area contributed by atoms with Gasteiger partial charge in [0.1, 0.15) is 11.4 Å². The summed E-state index contributed by atoms with van der Waals surface area (Å²) in [6.07, 6.45) is 4.98. The number of fused-ring (bicyclic) bond motifs is 1. The summed E-state index contributed by atoms with van der Waals surface area (Å²) in [5.41, 5.74) is 4.42. The molecule has 0 spiro atoms. The van der Waals surface area contributed by atoms with Crippen molar-refractivity contribution >= 4 is 34.6 Å². The number of pyridine rings is 2. The number of hydrogen-bond acceptors (Lipinski definition) is 8. The van der Waals surface area contributed by atoms with Crippen LogP contribution in [-0.2, 0) is 9.59 Å². The van der Waals surface area contributed by atoms with Gasteiger partial charge in [-0.15, -0.1) is 11.3 Å². The van der Waals surface area contributed by atoms with Crippen LogP contribution in [0.5, 0.6) is 0 Å². The number of nitrogens with zero attached hydrogens (tertiary/aromatic N) is 5. The van der Waals surface area contributed by atoms with Gasteiger partial charge in [0, 0.05) is 50.8 Å². The number of amides is 2. The molecule has 2 atom stereocenters. The van der Waals surface area contributed by atoms with E-state index >= 15 is 0 Å². The van der Waals surface area contributed by atoms with Crippen LogP contribution in [0.2, 0.25) is 0 Å². The van der Waals surface area contributed by atoms with Crippen LogP contribution in [0.15, 0.2) is 48.4 Å². The first-order valence-corrected chi connectivity index (χ1v) is 11.6. The zero-order valence-electron chi connectivity index (χ0n) is 18.0. The Labute approximate surface area is 194 Å². The number of thiazole rings is 1. The van der Waals surface area contributed by atoms with Crippen molar-refractivity contribution in [2.24, 2.45) is 0 Å². The first-order chi connectivity index (χ1) is 16.0. The van der Waals surface area contributed by atoms with E-state index in [0.717, 1.165) is 21.8 Å². The minimum absolute atomic E-state index is 0.169. The topological polar surface area (TPSA) is 108 Å². The zero-order valence-corrected chi connectivity index (χ0v) is 18.8. The Bertz CT molecular complexity index is 1200. The largest absolute Gasteiger partial charge is 0.382 e. The summed E-state index contributed by atoms with van der Waals surface area (Å²) in [6, 6.07) is 6.72. The first-order valence-electron chi connectivity index (χ1n) is 10.7. The van der Waals surface area contributed by atoms with Crippen molar-refractivity contribution in [2.45, 2.75) is 18.9 Å². The maximum absolute atomic E-state index is 13.2. The highest BCUT2D eigenvalue weighted by atomic mass is 32.1. The fourth-order valence-electron chi connectivity index (χ4n) is 4.41. The van der Waals surface area contributed by atoms with Crippen molar-refractivity contribution in [1.29, 1.82) is 0 Å². The molecule has 0 aromatic carbocycles. The summed E-state index contributed by atoms with van der Waals surface area (Å²) >= 11 is 1.47. The molecule has 1 unspecified atom stereocenters. The molecule has 1 fully saturated rings. The highest BCUT2D eigenvalue weighted by Gasteiger charge is 2.39. The molecule has 1 N–H and O–H groups in total. The van der Waals surface area contributed by atoms with Crippen molar-refractivity contribution in [3.8, 4) is 10.6 Å². The van der Waals surface area contributed by atoms with Gasteiger partial charge in [-0.1, -0.05) is 6.07 Å². The van der Waals surface area contributed by atoms with Crippen molar-refractivity contribution in [3.05, 3.63) is 59.6 Å². The smallest absolute Gasteiger partial charge is 0.291 e. The second kappa shape index (κ2) is 8.70. The number of anilines is 1. The molecule has 0 saturated carbocycles. The van der Waals surface area contributed by atoms with Gasteiger partial charge in [0.25, 0.3) is 11.8 Å². The van der Waals surface area contributed by atoms with E-state index in [-0.39, 0.29) is 11.9 Å². The summed E-state index contributed by atoms with van der Waals surface area (Å²) in [4.78, 5) is 55.9. The predicted octanol–water partition coefficient (Wildman–Crippen LogP) is 2.05. The molecular formula is C23H22N6O3S. The maximum atomic E-state index is 13.2. The number of piperazine rings is 1. The third-order valence-electron chi connectivity index (χ3n) is 6.09. The number of hydrogen-bond donors (Lipinski definition) is 1. The Morgan fingerprint density at radius 2 is 2.00 bits per heavy atom. The van der Waals surface area contributed by atoms with Crippen LogP contribution >= 0.6 is 11.3 Å². The van der Waals surface area contributed by atoms with E-state index < -0.39 is 17.6 Å². The monoisotopic (exact) mass is 462 g/mol. The first kappa shape index (κ1) is 21.2. The summed E-state index contributed by atoms with van der Waals surface area (Å²) in [5.74, 6) is -1.69. The standard InChI is InChI=1S/C23H22N6O3S/c1-14-12-28(22(31)17-4-2-3-6-25-17)8-9-29(14)23(32)21(30)16-10-27-19-15(16)5-7-26-20(19)18-11-24-13-33-18/h2-7,11,13-14,16,27H,8-10,12H2,1H3/t14-,16?/m0/s1. The molecule has 10 heteroatoms. The van der Waals surface area contributed by atoms with Crippen LogP contribution in [0.3, 0.4) is 0 Å². The van der Waals surface area contributed by atoms with E-state index in [0.29, 0.717) is 31.9 Å². The number of rotatable bonds is 4. The summed E-state index contributed by atoms with van der Waals surface area (Å²) in [7, 11) is 0. The molecule has 3 aromatic heterocycles. The number of Topliss-reactive ketones (excluding diaryl/α,β-unsaturated/α-hetero) is 1. The number of ketones is 1. The number of carbonyl (C=O) groups is 3. The van der Waals surface area contributed by atoms with Gasteiger partial charge < -0.3 is 15.1 Å². The van der Waals surface area contributed by atoms with Crippen LogP contribution in [0.4, 0.5) is 5.69 Å². The van der Waals surface area contributed by atoms with Gasteiger partial charge in [-0.05, 0) is 30.7 Å². The van der Waals surface area contributed by atoms with Crippen molar-refractivity contribution in [3.63, 3.8) is 0 Å². The Balaban J connectivity index is 1.29. The van der Waals surface area contributed by atoms with E-state index in [2.05, 4.69) is 20.3 Å². The predicted molar refractivity (Wildman–Crippen MR) is 123 cm³/mol. The lowest BCUT2D eigenvalue weighted by Gasteiger charge is -2.39. The summed E-state index contributed by atoms with van der Waals surface area (Å²) in [6.45, 7) is 3.23. The van der Waals surface area contributed by atoms with Crippen molar-refractivity contribution in [2.75, 3.05) is 31.5 Å². The van der Waals surface area contributed by atoms with Crippen LogP contribution in [-0.4, -0.2) is 74.6 Å². The molecule has 3 aromatic rings. The van der Waals surface area contributed by atoms with Gasteiger partial charge in [0.15, 0.2) is 0 Å². The van der Waals surface area contributed by atoms with E-state index in [4.69, 9.17) is 0 Å². The number of nitrogens with one attached hydrogen (secondary N) is 1. The average Bonchev–Trinajstić information content (AvgIpc) is 3.53. The van der Waals surface area contributed by atoms with Gasteiger partial charge in [-0.25, -0.2) is 0 Å². The lowest BCUT2D eigenvalue weighted by atomic mass is 9.95.